The van der Waals surface area contributed by atoms with Crippen LogP contribution in [0.1, 0.15) is 15.9 Å². The number of para-hydroxylation sites is 2. The SMILES string of the molecule is COc1ccc(OC)c(CN2CCN(C(=O)c3cccnc3Nc3ccccc3OC)CC2)c1. The summed E-state index contributed by atoms with van der Waals surface area (Å²) in [6, 6.07) is 17.0. The van der Waals surface area contributed by atoms with Crippen molar-refractivity contribution in [2.24, 2.45) is 0 Å². The summed E-state index contributed by atoms with van der Waals surface area (Å²) in [7, 11) is 4.95. The van der Waals surface area contributed by atoms with Crippen LogP contribution in [0.4, 0.5) is 11.5 Å². The van der Waals surface area contributed by atoms with Gasteiger partial charge in [-0.15, -0.1) is 0 Å². The molecule has 4 rings (SSSR count). The number of hydrogen-bond donors (Lipinski definition) is 1. The zero-order valence-corrected chi connectivity index (χ0v) is 19.8. The van der Waals surface area contributed by atoms with Crippen molar-refractivity contribution in [2.75, 3.05) is 52.8 Å². The molecular weight excluding hydrogens is 432 g/mol. The van der Waals surface area contributed by atoms with Gasteiger partial charge in [0.2, 0.25) is 0 Å². The van der Waals surface area contributed by atoms with Crippen LogP contribution in [0, 0.1) is 0 Å². The van der Waals surface area contributed by atoms with Crippen LogP contribution in [0.5, 0.6) is 17.2 Å². The molecule has 3 aromatic rings. The quantitative estimate of drug-likeness (QED) is 0.546. The molecule has 34 heavy (non-hydrogen) atoms. The minimum absolute atomic E-state index is 0.0379. The van der Waals surface area contributed by atoms with Gasteiger partial charge in [-0.1, -0.05) is 12.1 Å². The van der Waals surface area contributed by atoms with Crippen molar-refractivity contribution in [3.63, 3.8) is 0 Å². The van der Waals surface area contributed by atoms with Gasteiger partial charge in [-0.05, 0) is 42.5 Å². The number of nitrogens with zero attached hydrogens (tertiary/aromatic N) is 3. The van der Waals surface area contributed by atoms with Crippen molar-refractivity contribution in [2.45, 2.75) is 6.54 Å². The van der Waals surface area contributed by atoms with Crippen LogP contribution in [0.2, 0.25) is 0 Å². The zero-order valence-electron chi connectivity index (χ0n) is 19.8. The van der Waals surface area contributed by atoms with Gasteiger partial charge in [0, 0.05) is 44.5 Å². The molecule has 0 unspecified atom stereocenters. The molecule has 0 atom stereocenters. The maximum atomic E-state index is 13.4. The monoisotopic (exact) mass is 462 g/mol. The van der Waals surface area contributed by atoms with Crippen LogP contribution in [-0.2, 0) is 6.54 Å². The fourth-order valence-corrected chi connectivity index (χ4v) is 4.08. The first-order chi connectivity index (χ1) is 16.6. The van der Waals surface area contributed by atoms with Gasteiger partial charge in [-0.3, -0.25) is 9.69 Å². The number of piperazine rings is 1. The Morgan fingerprint density at radius 2 is 1.68 bits per heavy atom. The van der Waals surface area contributed by atoms with Gasteiger partial charge in [0.25, 0.3) is 5.91 Å². The summed E-state index contributed by atoms with van der Waals surface area (Å²) in [6.07, 6.45) is 1.67. The molecule has 8 nitrogen and oxygen atoms in total. The van der Waals surface area contributed by atoms with Gasteiger partial charge >= 0.3 is 0 Å². The predicted molar refractivity (Wildman–Crippen MR) is 131 cm³/mol. The van der Waals surface area contributed by atoms with Crippen LogP contribution in [0.25, 0.3) is 0 Å². The Hall–Kier alpha value is -3.78. The molecule has 1 N–H and O–H groups in total. The molecule has 1 amide bonds. The number of hydrogen-bond acceptors (Lipinski definition) is 7. The maximum absolute atomic E-state index is 13.4. The molecule has 0 aliphatic carbocycles. The summed E-state index contributed by atoms with van der Waals surface area (Å²) in [5.41, 5.74) is 2.36. The van der Waals surface area contributed by atoms with Crippen molar-refractivity contribution < 1.29 is 19.0 Å². The fourth-order valence-electron chi connectivity index (χ4n) is 4.08. The van der Waals surface area contributed by atoms with Crippen LogP contribution >= 0.6 is 0 Å². The van der Waals surface area contributed by atoms with E-state index < -0.39 is 0 Å². The van der Waals surface area contributed by atoms with E-state index in [2.05, 4.69) is 15.2 Å². The highest BCUT2D eigenvalue weighted by molar-refractivity contribution is 5.99. The topological polar surface area (TPSA) is 76.2 Å². The van der Waals surface area contributed by atoms with E-state index in [4.69, 9.17) is 14.2 Å². The molecule has 0 bridgehead atoms. The van der Waals surface area contributed by atoms with Crippen LogP contribution in [0.15, 0.2) is 60.8 Å². The van der Waals surface area contributed by atoms with Gasteiger partial charge in [-0.25, -0.2) is 4.98 Å². The average Bonchev–Trinajstić information content (AvgIpc) is 2.89. The van der Waals surface area contributed by atoms with Crippen LogP contribution in [0.3, 0.4) is 0 Å². The molecular formula is C26H30N4O4. The number of carbonyl (C=O) groups is 1. The average molecular weight is 463 g/mol. The molecule has 1 aromatic heterocycles. The number of carbonyl (C=O) groups excluding carboxylic acids is 1. The summed E-state index contributed by atoms with van der Waals surface area (Å²) >= 11 is 0. The summed E-state index contributed by atoms with van der Waals surface area (Å²) in [5, 5.41) is 3.26. The van der Waals surface area contributed by atoms with Crippen molar-refractivity contribution in [3.05, 3.63) is 71.9 Å². The second-order valence-corrected chi connectivity index (χ2v) is 7.97. The number of pyridine rings is 1. The van der Waals surface area contributed by atoms with Crippen molar-refractivity contribution in [1.29, 1.82) is 0 Å². The van der Waals surface area contributed by atoms with Gasteiger partial charge in [-0.2, -0.15) is 0 Å². The first-order valence-corrected chi connectivity index (χ1v) is 11.2. The standard InChI is InChI=1S/C26H30N4O4/c1-32-20-10-11-23(33-2)19(17-20)18-29-13-15-30(16-14-29)26(31)21-7-6-12-27-25(21)28-22-8-4-5-9-24(22)34-3/h4-12,17H,13-16,18H2,1-3H3,(H,27,28). The van der Waals surface area contributed by atoms with Gasteiger partial charge in [0.15, 0.2) is 0 Å². The third kappa shape index (κ3) is 5.23. The smallest absolute Gasteiger partial charge is 0.257 e. The Kier molecular flexibility index (Phi) is 7.49. The van der Waals surface area contributed by atoms with Crippen molar-refractivity contribution >= 4 is 17.4 Å². The summed E-state index contributed by atoms with van der Waals surface area (Å²) in [5.74, 6) is 2.80. The normalized spacial score (nSPS) is 13.9. The lowest BCUT2D eigenvalue weighted by Crippen LogP contribution is -2.48. The number of rotatable bonds is 8. The Morgan fingerprint density at radius 1 is 0.912 bits per heavy atom. The van der Waals surface area contributed by atoms with E-state index in [1.165, 1.54) is 0 Å². The van der Waals surface area contributed by atoms with Gasteiger partial charge < -0.3 is 24.4 Å². The minimum Gasteiger partial charge on any atom is -0.497 e. The molecule has 1 fully saturated rings. The maximum Gasteiger partial charge on any atom is 0.257 e. The summed E-state index contributed by atoms with van der Waals surface area (Å²) in [6.45, 7) is 3.53. The molecule has 0 radical (unpaired) electrons. The van der Waals surface area contributed by atoms with E-state index in [0.717, 1.165) is 42.4 Å². The Balaban J connectivity index is 1.43. The second kappa shape index (κ2) is 10.9. The predicted octanol–water partition coefficient (Wildman–Crippen LogP) is 3.81. The number of amides is 1. The Morgan fingerprint density at radius 3 is 2.41 bits per heavy atom. The van der Waals surface area contributed by atoms with Crippen molar-refractivity contribution in [3.8, 4) is 17.2 Å². The molecule has 178 valence electrons. The summed E-state index contributed by atoms with van der Waals surface area (Å²) in [4.78, 5) is 22.0. The Bertz CT molecular complexity index is 1130. The highest BCUT2D eigenvalue weighted by Crippen LogP contribution is 2.29. The van der Waals surface area contributed by atoms with Crippen molar-refractivity contribution in [1.82, 2.24) is 14.8 Å². The van der Waals surface area contributed by atoms with Gasteiger partial charge in [0.1, 0.15) is 23.1 Å². The summed E-state index contributed by atoms with van der Waals surface area (Å²) < 4.78 is 16.3. The first-order valence-electron chi connectivity index (χ1n) is 11.2. The van der Waals surface area contributed by atoms with E-state index in [-0.39, 0.29) is 5.91 Å². The Labute approximate surface area is 200 Å². The van der Waals surface area contributed by atoms with Crippen LogP contribution < -0.4 is 19.5 Å². The molecule has 0 spiro atoms. The van der Waals surface area contributed by atoms with Crippen LogP contribution in [-0.4, -0.2) is 68.2 Å². The number of methoxy groups -OCH3 is 3. The zero-order chi connectivity index (χ0) is 23.9. The molecule has 2 heterocycles. The molecule has 2 aromatic carbocycles. The lowest BCUT2D eigenvalue weighted by atomic mass is 10.1. The van der Waals surface area contributed by atoms with E-state index >= 15 is 0 Å². The number of aromatic nitrogens is 1. The molecule has 0 saturated carbocycles. The largest absolute Gasteiger partial charge is 0.497 e. The highest BCUT2D eigenvalue weighted by Gasteiger charge is 2.25. The number of ether oxygens (including phenoxy) is 3. The molecule has 1 aliphatic heterocycles. The number of anilines is 2. The second-order valence-electron chi connectivity index (χ2n) is 7.97. The first kappa shape index (κ1) is 23.4. The highest BCUT2D eigenvalue weighted by atomic mass is 16.5. The van der Waals surface area contributed by atoms with E-state index in [9.17, 15) is 4.79 Å². The van der Waals surface area contributed by atoms with E-state index in [1.54, 1.807) is 39.7 Å². The lowest BCUT2D eigenvalue weighted by molar-refractivity contribution is 0.0628. The fraction of sp³-hybridized carbons (Fsp3) is 0.308. The minimum atomic E-state index is -0.0379. The number of benzene rings is 2. The molecule has 8 heteroatoms. The molecule has 1 aliphatic rings. The van der Waals surface area contributed by atoms with E-state index in [0.29, 0.717) is 30.2 Å². The molecule has 1 saturated heterocycles. The number of nitrogens with one attached hydrogen (secondary N) is 1. The van der Waals surface area contributed by atoms with E-state index in [1.807, 2.05) is 47.4 Å². The third-order valence-corrected chi connectivity index (χ3v) is 5.94. The third-order valence-electron chi connectivity index (χ3n) is 5.94. The lowest BCUT2D eigenvalue weighted by Gasteiger charge is -2.35. The van der Waals surface area contributed by atoms with Gasteiger partial charge in [0.05, 0.1) is 32.6 Å².